The van der Waals surface area contributed by atoms with Gasteiger partial charge in [0, 0.05) is 11.6 Å². The van der Waals surface area contributed by atoms with E-state index in [4.69, 9.17) is 16.3 Å². The Morgan fingerprint density at radius 3 is 2.42 bits per heavy atom. The molecule has 0 fully saturated rings. The van der Waals surface area contributed by atoms with Crippen LogP contribution in [-0.4, -0.2) is 34.5 Å². The number of methoxy groups -OCH3 is 1. The average molecular weight is 463 g/mol. The molecule has 0 aliphatic heterocycles. The van der Waals surface area contributed by atoms with E-state index >= 15 is 0 Å². The van der Waals surface area contributed by atoms with E-state index in [0.717, 1.165) is 23.6 Å². The van der Waals surface area contributed by atoms with Crippen molar-refractivity contribution < 1.29 is 17.9 Å². The number of hydrogen-bond acceptors (Lipinski definition) is 4. The fourth-order valence-corrected chi connectivity index (χ4v) is 5.02. The second-order valence-corrected chi connectivity index (χ2v) is 9.67. The SMILES string of the molecule is COc1ccc(S(=O)(=O)N(CC(=O)NCCC2=CCCCC2)c2ccc(Cl)cc2)cc1. The summed E-state index contributed by atoms with van der Waals surface area (Å²) in [4.78, 5) is 12.7. The molecule has 2 aromatic carbocycles. The van der Waals surface area contributed by atoms with Gasteiger partial charge in [0.15, 0.2) is 0 Å². The molecule has 0 heterocycles. The fourth-order valence-electron chi connectivity index (χ4n) is 3.48. The number of nitrogens with one attached hydrogen (secondary N) is 1. The van der Waals surface area contributed by atoms with E-state index in [9.17, 15) is 13.2 Å². The van der Waals surface area contributed by atoms with E-state index in [1.165, 1.54) is 37.7 Å². The highest BCUT2D eigenvalue weighted by Gasteiger charge is 2.27. The molecule has 1 amide bonds. The molecule has 3 rings (SSSR count). The van der Waals surface area contributed by atoms with Crippen LogP contribution in [0.5, 0.6) is 5.75 Å². The van der Waals surface area contributed by atoms with Crippen LogP contribution < -0.4 is 14.4 Å². The number of carbonyl (C=O) groups excluding carboxylic acids is 1. The third kappa shape index (κ3) is 6.24. The Morgan fingerprint density at radius 1 is 1.10 bits per heavy atom. The van der Waals surface area contributed by atoms with Crippen LogP contribution in [0.3, 0.4) is 0 Å². The molecule has 0 unspecified atom stereocenters. The monoisotopic (exact) mass is 462 g/mol. The fraction of sp³-hybridized carbons (Fsp3) is 0.348. The number of rotatable bonds is 9. The van der Waals surface area contributed by atoms with E-state index < -0.39 is 10.0 Å². The molecule has 0 atom stereocenters. The number of carbonyl (C=O) groups is 1. The van der Waals surface area contributed by atoms with Crippen LogP contribution in [-0.2, 0) is 14.8 Å². The van der Waals surface area contributed by atoms with Crippen molar-refractivity contribution in [2.24, 2.45) is 0 Å². The van der Waals surface area contributed by atoms with Crippen LogP contribution in [0.25, 0.3) is 0 Å². The predicted molar refractivity (Wildman–Crippen MR) is 123 cm³/mol. The summed E-state index contributed by atoms with van der Waals surface area (Å²) in [5.41, 5.74) is 1.72. The largest absolute Gasteiger partial charge is 0.497 e. The molecule has 0 radical (unpaired) electrons. The third-order valence-corrected chi connectivity index (χ3v) is 7.24. The van der Waals surface area contributed by atoms with Crippen molar-refractivity contribution in [3.05, 3.63) is 65.2 Å². The molecule has 1 aliphatic carbocycles. The van der Waals surface area contributed by atoms with Gasteiger partial charge in [0.05, 0.1) is 17.7 Å². The maximum atomic E-state index is 13.3. The summed E-state index contributed by atoms with van der Waals surface area (Å²) >= 11 is 5.96. The van der Waals surface area contributed by atoms with Crippen molar-refractivity contribution in [1.29, 1.82) is 0 Å². The lowest BCUT2D eigenvalue weighted by atomic mass is 9.97. The number of nitrogens with zero attached hydrogens (tertiary/aromatic N) is 1. The first kappa shape index (κ1) is 23.2. The standard InChI is InChI=1S/C23H27ClN2O4S/c1-30-21-11-13-22(14-12-21)31(28,29)26(20-9-7-19(24)8-10-20)17-23(27)25-16-15-18-5-3-2-4-6-18/h5,7-14H,2-4,6,15-17H2,1H3,(H,25,27). The summed E-state index contributed by atoms with van der Waals surface area (Å²) in [5.74, 6) is 0.190. The summed E-state index contributed by atoms with van der Waals surface area (Å²) < 4.78 is 32.9. The van der Waals surface area contributed by atoms with Crippen LogP contribution in [0.4, 0.5) is 5.69 Å². The van der Waals surface area contributed by atoms with Crippen molar-refractivity contribution in [1.82, 2.24) is 5.32 Å². The minimum atomic E-state index is -3.97. The lowest BCUT2D eigenvalue weighted by molar-refractivity contribution is -0.119. The van der Waals surface area contributed by atoms with Crippen molar-refractivity contribution in [2.75, 3.05) is 24.5 Å². The number of ether oxygens (including phenoxy) is 1. The molecule has 1 aliphatic rings. The van der Waals surface area contributed by atoms with Crippen LogP contribution in [0.2, 0.25) is 5.02 Å². The van der Waals surface area contributed by atoms with Gasteiger partial charge in [-0.2, -0.15) is 0 Å². The molecular weight excluding hydrogens is 436 g/mol. The molecule has 8 heteroatoms. The van der Waals surface area contributed by atoms with Gasteiger partial charge in [-0.25, -0.2) is 8.42 Å². The molecule has 1 N–H and O–H groups in total. The maximum absolute atomic E-state index is 13.3. The van der Waals surface area contributed by atoms with E-state index in [2.05, 4.69) is 11.4 Å². The Balaban J connectivity index is 1.76. The van der Waals surface area contributed by atoms with Crippen LogP contribution in [0.15, 0.2) is 65.1 Å². The molecule has 2 aromatic rings. The van der Waals surface area contributed by atoms with Crippen LogP contribution >= 0.6 is 11.6 Å². The molecule has 0 saturated heterocycles. The molecule has 166 valence electrons. The Labute approximate surface area is 188 Å². The Bertz CT molecular complexity index is 1020. The average Bonchev–Trinajstić information content (AvgIpc) is 2.79. The van der Waals surface area contributed by atoms with Gasteiger partial charge in [0.2, 0.25) is 5.91 Å². The zero-order valence-corrected chi connectivity index (χ0v) is 19.1. The van der Waals surface area contributed by atoms with Gasteiger partial charge in [-0.3, -0.25) is 9.10 Å². The first-order valence-corrected chi connectivity index (χ1v) is 12.1. The maximum Gasteiger partial charge on any atom is 0.264 e. The zero-order valence-electron chi connectivity index (χ0n) is 17.5. The van der Waals surface area contributed by atoms with E-state index in [0.29, 0.717) is 23.0 Å². The predicted octanol–water partition coefficient (Wildman–Crippen LogP) is 4.55. The molecule has 0 spiro atoms. The molecule has 0 aromatic heterocycles. The van der Waals surface area contributed by atoms with Gasteiger partial charge in [-0.1, -0.05) is 23.3 Å². The van der Waals surface area contributed by atoms with Gasteiger partial charge in [0.1, 0.15) is 12.3 Å². The number of amides is 1. The zero-order chi connectivity index (χ0) is 22.3. The summed E-state index contributed by atoms with van der Waals surface area (Å²) in [6, 6.07) is 12.4. The molecule has 6 nitrogen and oxygen atoms in total. The number of halogens is 1. The van der Waals surface area contributed by atoms with Gasteiger partial charge >= 0.3 is 0 Å². The number of hydrogen-bond donors (Lipinski definition) is 1. The Kier molecular flexibility index (Phi) is 7.98. The normalized spacial score (nSPS) is 13.9. The highest BCUT2D eigenvalue weighted by Crippen LogP contribution is 2.26. The van der Waals surface area contributed by atoms with Crippen molar-refractivity contribution >= 4 is 33.2 Å². The van der Waals surface area contributed by atoms with Gasteiger partial charge in [-0.15, -0.1) is 0 Å². The van der Waals surface area contributed by atoms with Crippen LogP contribution in [0.1, 0.15) is 32.1 Å². The number of benzene rings is 2. The number of allylic oxidation sites excluding steroid dienone is 1. The number of anilines is 1. The van der Waals surface area contributed by atoms with Gasteiger partial charge in [0.25, 0.3) is 10.0 Å². The van der Waals surface area contributed by atoms with E-state index in [-0.39, 0.29) is 17.3 Å². The summed E-state index contributed by atoms with van der Waals surface area (Å²) in [7, 11) is -2.46. The second kappa shape index (κ2) is 10.7. The van der Waals surface area contributed by atoms with Crippen molar-refractivity contribution in [3.63, 3.8) is 0 Å². The smallest absolute Gasteiger partial charge is 0.264 e. The molecular formula is C23H27ClN2O4S. The van der Waals surface area contributed by atoms with Crippen LogP contribution in [0, 0.1) is 0 Å². The van der Waals surface area contributed by atoms with E-state index in [1.807, 2.05) is 0 Å². The summed E-state index contributed by atoms with van der Waals surface area (Å²) in [6.07, 6.45) is 7.59. The molecule has 0 bridgehead atoms. The first-order valence-electron chi connectivity index (χ1n) is 10.3. The highest BCUT2D eigenvalue weighted by atomic mass is 35.5. The highest BCUT2D eigenvalue weighted by molar-refractivity contribution is 7.92. The topological polar surface area (TPSA) is 75.7 Å². The first-order chi connectivity index (χ1) is 14.9. The quantitative estimate of drug-likeness (QED) is 0.554. The van der Waals surface area contributed by atoms with Gasteiger partial charge in [-0.05, 0) is 80.6 Å². The molecule has 0 saturated carbocycles. The van der Waals surface area contributed by atoms with E-state index in [1.54, 1.807) is 36.4 Å². The molecule has 31 heavy (non-hydrogen) atoms. The lowest BCUT2D eigenvalue weighted by Crippen LogP contribution is -2.41. The minimum Gasteiger partial charge on any atom is -0.497 e. The third-order valence-electron chi connectivity index (χ3n) is 5.20. The lowest BCUT2D eigenvalue weighted by Gasteiger charge is -2.24. The van der Waals surface area contributed by atoms with Gasteiger partial charge < -0.3 is 10.1 Å². The second-order valence-electron chi connectivity index (χ2n) is 7.37. The number of sulfonamides is 1. The van der Waals surface area contributed by atoms with Crippen molar-refractivity contribution in [2.45, 2.75) is 37.0 Å². The summed E-state index contributed by atoms with van der Waals surface area (Å²) in [5, 5.41) is 3.33. The Morgan fingerprint density at radius 2 is 1.81 bits per heavy atom. The van der Waals surface area contributed by atoms with Crippen molar-refractivity contribution in [3.8, 4) is 5.75 Å². The summed E-state index contributed by atoms with van der Waals surface area (Å²) in [6.45, 7) is 0.163. The minimum absolute atomic E-state index is 0.0726. The Hall–Kier alpha value is -2.51.